The van der Waals surface area contributed by atoms with Crippen LogP contribution in [0.4, 0.5) is 8.78 Å². The molecule has 2 saturated carbocycles. The Morgan fingerprint density at radius 3 is 2.57 bits per heavy atom. The lowest BCUT2D eigenvalue weighted by Gasteiger charge is -2.21. The molecule has 8 heteroatoms. The Kier molecular flexibility index (Phi) is 5.31. The second kappa shape index (κ2) is 7.73. The highest BCUT2D eigenvalue weighted by Crippen LogP contribution is 2.53. The van der Waals surface area contributed by atoms with Crippen LogP contribution in [0.2, 0.25) is 0 Å². The summed E-state index contributed by atoms with van der Waals surface area (Å²) in [5.41, 5.74) is 8.23. The van der Waals surface area contributed by atoms with E-state index in [-0.39, 0.29) is 12.6 Å². The van der Waals surface area contributed by atoms with Crippen molar-refractivity contribution in [1.29, 1.82) is 0 Å². The van der Waals surface area contributed by atoms with Crippen LogP contribution in [0.5, 0.6) is 0 Å². The topological polar surface area (TPSA) is 82.5 Å². The van der Waals surface area contributed by atoms with Crippen LogP contribution < -0.4 is 5.73 Å². The summed E-state index contributed by atoms with van der Waals surface area (Å²) in [6, 6.07) is 1.49. The molecule has 2 N–H and O–H groups in total. The maximum absolute atomic E-state index is 13.0. The first kappa shape index (κ1) is 19.2. The van der Waals surface area contributed by atoms with Crippen molar-refractivity contribution >= 4 is 11.6 Å². The Morgan fingerprint density at radius 2 is 2.00 bits per heavy atom. The molecule has 2 heterocycles. The van der Waals surface area contributed by atoms with Gasteiger partial charge in [-0.25, -0.2) is 18.3 Å². The summed E-state index contributed by atoms with van der Waals surface area (Å²) in [6.07, 6.45) is 4.97. The second-order valence-corrected chi connectivity index (χ2v) is 7.97. The van der Waals surface area contributed by atoms with E-state index in [1.807, 2.05) is 6.20 Å². The number of halogens is 2. The molecule has 152 valence electrons. The number of aromatic nitrogens is 3. The minimum atomic E-state index is -2.62. The maximum atomic E-state index is 13.0. The van der Waals surface area contributed by atoms with Crippen LogP contribution in [0.3, 0.4) is 0 Å². The van der Waals surface area contributed by atoms with Crippen molar-refractivity contribution in [1.82, 2.24) is 14.6 Å². The second-order valence-electron chi connectivity index (χ2n) is 7.97. The number of carbonyl (C=O) groups is 1. The lowest BCUT2D eigenvalue weighted by molar-refractivity contribution is -0.146. The van der Waals surface area contributed by atoms with Crippen molar-refractivity contribution in [3.05, 3.63) is 29.7 Å². The molecule has 0 bridgehead atoms. The zero-order valence-corrected chi connectivity index (χ0v) is 15.9. The Balaban J connectivity index is 1.60. The van der Waals surface area contributed by atoms with Crippen molar-refractivity contribution in [3.63, 3.8) is 0 Å². The average Bonchev–Trinajstić information content (AvgIpc) is 3.59. The van der Waals surface area contributed by atoms with E-state index in [1.165, 1.54) is 31.9 Å². The molecule has 2 aliphatic rings. The lowest BCUT2D eigenvalue weighted by Crippen LogP contribution is -2.25. The highest BCUT2D eigenvalue weighted by molar-refractivity contribution is 5.78. The summed E-state index contributed by atoms with van der Waals surface area (Å²) in [7, 11) is 0. The van der Waals surface area contributed by atoms with Gasteiger partial charge in [0.05, 0.1) is 36.7 Å². The molecule has 2 atom stereocenters. The van der Waals surface area contributed by atoms with Gasteiger partial charge in [-0.3, -0.25) is 4.79 Å². The zero-order chi connectivity index (χ0) is 19.8. The van der Waals surface area contributed by atoms with Gasteiger partial charge in [-0.05, 0) is 62.0 Å². The van der Waals surface area contributed by atoms with E-state index < -0.39 is 24.7 Å². The van der Waals surface area contributed by atoms with Gasteiger partial charge in [0.1, 0.15) is 0 Å². The van der Waals surface area contributed by atoms with Gasteiger partial charge in [-0.2, -0.15) is 5.10 Å². The van der Waals surface area contributed by atoms with Gasteiger partial charge in [0, 0.05) is 6.42 Å². The molecule has 0 amide bonds. The van der Waals surface area contributed by atoms with E-state index in [2.05, 4.69) is 10.1 Å². The van der Waals surface area contributed by atoms with Crippen molar-refractivity contribution in [2.45, 2.75) is 57.4 Å². The minimum absolute atomic E-state index is 0.139. The molecule has 6 nitrogen and oxygen atoms in total. The normalized spacial score (nSPS) is 19.4. The third-order valence-corrected chi connectivity index (χ3v) is 5.84. The molecule has 0 spiro atoms. The Labute approximate surface area is 162 Å². The predicted molar refractivity (Wildman–Crippen MR) is 98.8 cm³/mol. The fourth-order valence-electron chi connectivity index (χ4n) is 4.18. The summed E-state index contributed by atoms with van der Waals surface area (Å²) in [5.74, 6) is 0.109. The van der Waals surface area contributed by atoms with Gasteiger partial charge in [0.2, 0.25) is 6.43 Å². The minimum Gasteiger partial charge on any atom is -0.466 e. The molecular formula is C20H26F2N4O2. The Morgan fingerprint density at radius 1 is 1.32 bits per heavy atom. The molecule has 0 aromatic carbocycles. The lowest BCUT2D eigenvalue weighted by atomic mass is 9.88. The van der Waals surface area contributed by atoms with E-state index >= 15 is 0 Å². The van der Waals surface area contributed by atoms with Crippen LogP contribution in [-0.2, 0) is 9.53 Å². The first-order valence-corrected chi connectivity index (χ1v) is 10.0. The number of esters is 1. The highest BCUT2D eigenvalue weighted by atomic mass is 19.3. The maximum Gasteiger partial charge on any atom is 0.313 e. The van der Waals surface area contributed by atoms with E-state index in [9.17, 15) is 13.6 Å². The standard InChI is InChI=1S/C20H26F2N4O2/c1-2-28-20(27)14(8-16(21)22)13-7-17-25-15(10-26(17)24-9-13)19(23)18(11-3-4-11)12-5-6-12/h7,9-12,14,16,18-19H,2-6,8,23H2,1H3. The number of imidazole rings is 1. The van der Waals surface area contributed by atoms with E-state index in [0.717, 1.165) is 5.69 Å². The van der Waals surface area contributed by atoms with Gasteiger partial charge in [-0.1, -0.05) is 0 Å². The van der Waals surface area contributed by atoms with E-state index in [4.69, 9.17) is 10.5 Å². The third kappa shape index (κ3) is 4.01. The summed E-state index contributed by atoms with van der Waals surface area (Å²) >= 11 is 0. The fourth-order valence-corrected chi connectivity index (χ4v) is 4.18. The molecule has 2 unspecified atom stereocenters. The Hall–Kier alpha value is -2.09. The summed E-state index contributed by atoms with van der Waals surface area (Å²) in [4.78, 5) is 16.8. The van der Waals surface area contributed by atoms with Crippen LogP contribution in [0, 0.1) is 17.8 Å². The number of alkyl halides is 2. The Bertz CT molecular complexity index is 836. The molecule has 2 aromatic heterocycles. The van der Waals surface area contributed by atoms with E-state index in [0.29, 0.717) is 29.0 Å². The summed E-state index contributed by atoms with van der Waals surface area (Å²) in [5, 5.41) is 4.28. The van der Waals surface area contributed by atoms with Gasteiger partial charge in [-0.15, -0.1) is 0 Å². The number of carbonyl (C=O) groups excluding carboxylic acids is 1. The van der Waals surface area contributed by atoms with Gasteiger partial charge in [0.25, 0.3) is 0 Å². The molecule has 0 aliphatic heterocycles. The SMILES string of the molecule is CCOC(=O)C(CC(F)F)c1cnn2cc(C(N)C(C3CC3)C3CC3)nc2c1. The first-order valence-electron chi connectivity index (χ1n) is 10.0. The highest BCUT2D eigenvalue weighted by Gasteiger charge is 2.45. The summed E-state index contributed by atoms with van der Waals surface area (Å²) < 4.78 is 32.5. The molecule has 0 radical (unpaired) electrons. The van der Waals surface area contributed by atoms with Gasteiger partial charge >= 0.3 is 5.97 Å². The average molecular weight is 392 g/mol. The van der Waals surface area contributed by atoms with Crippen LogP contribution in [0.1, 0.15) is 62.2 Å². The molecule has 2 aromatic rings. The number of fused-ring (bicyclic) bond motifs is 1. The van der Waals surface area contributed by atoms with Crippen LogP contribution >= 0.6 is 0 Å². The number of ether oxygens (including phenoxy) is 1. The van der Waals surface area contributed by atoms with Crippen molar-refractivity contribution in [2.24, 2.45) is 23.5 Å². The molecular weight excluding hydrogens is 366 g/mol. The monoisotopic (exact) mass is 392 g/mol. The molecule has 2 fully saturated rings. The number of rotatable bonds is 9. The molecule has 2 aliphatic carbocycles. The largest absolute Gasteiger partial charge is 0.466 e. The van der Waals surface area contributed by atoms with Crippen LogP contribution in [0.15, 0.2) is 18.5 Å². The number of hydrogen-bond acceptors (Lipinski definition) is 5. The molecule has 28 heavy (non-hydrogen) atoms. The quantitative estimate of drug-likeness (QED) is 0.661. The molecule has 0 saturated heterocycles. The van der Waals surface area contributed by atoms with Crippen molar-refractivity contribution < 1.29 is 18.3 Å². The zero-order valence-electron chi connectivity index (χ0n) is 15.9. The summed E-state index contributed by atoms with van der Waals surface area (Å²) in [6.45, 7) is 1.79. The first-order chi connectivity index (χ1) is 13.5. The van der Waals surface area contributed by atoms with E-state index in [1.54, 1.807) is 17.5 Å². The van der Waals surface area contributed by atoms with Gasteiger partial charge < -0.3 is 10.5 Å². The van der Waals surface area contributed by atoms with Crippen molar-refractivity contribution in [2.75, 3.05) is 6.61 Å². The number of nitrogens with two attached hydrogens (primary N) is 1. The third-order valence-electron chi connectivity index (χ3n) is 5.84. The van der Waals surface area contributed by atoms with Crippen LogP contribution in [-0.4, -0.2) is 33.6 Å². The fraction of sp³-hybridized carbons (Fsp3) is 0.650. The number of hydrogen-bond donors (Lipinski definition) is 1. The molecule has 4 rings (SSSR count). The van der Waals surface area contributed by atoms with Crippen LogP contribution in [0.25, 0.3) is 5.65 Å². The number of nitrogens with zero attached hydrogens (tertiary/aromatic N) is 3. The van der Waals surface area contributed by atoms with Crippen molar-refractivity contribution in [3.8, 4) is 0 Å². The smallest absolute Gasteiger partial charge is 0.313 e. The predicted octanol–water partition coefficient (Wildman–Crippen LogP) is 3.47. The van der Waals surface area contributed by atoms with Gasteiger partial charge in [0.15, 0.2) is 5.65 Å².